The topological polar surface area (TPSA) is 52.0 Å². The maximum Gasteiger partial charge on any atom is 0.0714 e. The van der Waals surface area contributed by atoms with Gasteiger partial charge < -0.3 is 11.5 Å². The molecule has 0 heterocycles. The van der Waals surface area contributed by atoms with E-state index in [1.54, 1.807) is 0 Å². The zero-order valence-corrected chi connectivity index (χ0v) is 21.5. The molecule has 1 aliphatic carbocycles. The second kappa shape index (κ2) is 9.04. The Bertz CT molecular complexity index is 1680. The molecular weight excluding hydrogens is 472 g/mol. The molecule has 0 amide bonds. The van der Waals surface area contributed by atoms with Crippen molar-refractivity contribution in [2.75, 3.05) is 11.5 Å². The first-order valence-corrected chi connectivity index (χ1v) is 13.3. The summed E-state index contributed by atoms with van der Waals surface area (Å²) in [5.41, 5.74) is 25.9. The first kappa shape index (κ1) is 23.1. The van der Waals surface area contributed by atoms with Gasteiger partial charge in [0.25, 0.3) is 0 Å². The average molecular weight is 501 g/mol. The zero-order valence-electron chi connectivity index (χ0n) is 21.5. The number of fused-ring (bicyclic) bond motifs is 3. The number of anilines is 2. The van der Waals surface area contributed by atoms with Gasteiger partial charge in [0.2, 0.25) is 0 Å². The largest absolute Gasteiger partial charge is 0.398 e. The zero-order chi connectivity index (χ0) is 26.4. The molecule has 0 saturated heterocycles. The fourth-order valence-corrected chi connectivity index (χ4v) is 6.34. The second-order valence-corrected chi connectivity index (χ2v) is 10.2. The summed E-state index contributed by atoms with van der Waals surface area (Å²) in [5.74, 6) is 0. The van der Waals surface area contributed by atoms with Crippen LogP contribution in [0.3, 0.4) is 0 Å². The molecule has 0 unspecified atom stereocenters. The summed E-state index contributed by atoms with van der Waals surface area (Å²) < 4.78 is 0. The third-order valence-corrected chi connectivity index (χ3v) is 8.09. The van der Waals surface area contributed by atoms with Crippen molar-refractivity contribution < 1.29 is 0 Å². The molecule has 0 radical (unpaired) electrons. The van der Waals surface area contributed by atoms with E-state index < -0.39 is 5.41 Å². The van der Waals surface area contributed by atoms with Gasteiger partial charge in [-0.15, -0.1) is 0 Å². The molecule has 0 aromatic heterocycles. The molecule has 4 N–H and O–H groups in total. The van der Waals surface area contributed by atoms with Crippen LogP contribution in [0, 0.1) is 0 Å². The van der Waals surface area contributed by atoms with Crippen LogP contribution in [0.2, 0.25) is 0 Å². The smallest absolute Gasteiger partial charge is 0.0714 e. The van der Waals surface area contributed by atoms with E-state index in [9.17, 15) is 0 Å². The summed E-state index contributed by atoms with van der Waals surface area (Å²) >= 11 is 0. The fourth-order valence-electron chi connectivity index (χ4n) is 6.34. The van der Waals surface area contributed by atoms with E-state index in [4.69, 9.17) is 11.5 Å². The molecule has 0 atom stereocenters. The Kier molecular flexibility index (Phi) is 5.35. The molecule has 0 fully saturated rings. The highest BCUT2D eigenvalue weighted by Gasteiger charge is 2.46. The van der Waals surface area contributed by atoms with E-state index in [0.29, 0.717) is 0 Å². The molecule has 7 rings (SSSR count). The molecule has 39 heavy (non-hydrogen) atoms. The van der Waals surface area contributed by atoms with Crippen LogP contribution in [0.5, 0.6) is 0 Å². The SMILES string of the molecule is Nc1ccc(C2(c3ccc(N)c(-c4ccccc4)c3)c3ccccc3-c3ccccc32)cc1-c1ccccc1. The minimum Gasteiger partial charge on any atom is -0.398 e. The van der Waals surface area contributed by atoms with Crippen LogP contribution in [0.15, 0.2) is 146 Å². The van der Waals surface area contributed by atoms with E-state index in [0.717, 1.165) is 33.6 Å². The minimum atomic E-state index is -0.540. The van der Waals surface area contributed by atoms with Crippen LogP contribution in [-0.4, -0.2) is 0 Å². The van der Waals surface area contributed by atoms with Crippen LogP contribution in [0.25, 0.3) is 33.4 Å². The first-order chi connectivity index (χ1) is 19.2. The molecule has 6 aromatic rings. The van der Waals surface area contributed by atoms with Gasteiger partial charge in [-0.1, -0.05) is 121 Å². The predicted molar refractivity (Wildman–Crippen MR) is 163 cm³/mol. The van der Waals surface area contributed by atoms with E-state index >= 15 is 0 Å². The van der Waals surface area contributed by atoms with Crippen molar-refractivity contribution in [3.63, 3.8) is 0 Å². The molecule has 6 aromatic carbocycles. The summed E-state index contributed by atoms with van der Waals surface area (Å²) in [7, 11) is 0. The van der Waals surface area contributed by atoms with Gasteiger partial charge in [0.15, 0.2) is 0 Å². The lowest BCUT2D eigenvalue weighted by atomic mass is 9.67. The van der Waals surface area contributed by atoms with Crippen molar-refractivity contribution >= 4 is 11.4 Å². The standard InChI is InChI=1S/C37H28N2/c38-35-21-19-27(23-31(35)25-11-3-1-4-12-25)37(28-20-22-36(39)32(24-28)26-13-5-2-6-14-26)33-17-9-7-15-29(33)30-16-8-10-18-34(30)37/h1-24H,38-39H2. The number of rotatable bonds is 4. The Labute approximate surface area is 229 Å². The lowest BCUT2D eigenvalue weighted by Crippen LogP contribution is -2.29. The normalized spacial score (nSPS) is 13.0. The van der Waals surface area contributed by atoms with Gasteiger partial charge in [0.1, 0.15) is 0 Å². The van der Waals surface area contributed by atoms with Gasteiger partial charge in [-0.25, -0.2) is 0 Å². The van der Waals surface area contributed by atoms with Gasteiger partial charge >= 0.3 is 0 Å². The average Bonchev–Trinajstić information content (AvgIpc) is 3.30. The third-order valence-electron chi connectivity index (χ3n) is 8.09. The maximum absolute atomic E-state index is 6.59. The van der Waals surface area contributed by atoms with Crippen LogP contribution < -0.4 is 11.5 Å². The highest BCUT2D eigenvalue weighted by atomic mass is 14.6. The Hall–Kier alpha value is -5.08. The summed E-state index contributed by atoms with van der Waals surface area (Å²) in [6.45, 7) is 0. The molecule has 0 aliphatic heterocycles. The van der Waals surface area contributed by atoms with Crippen molar-refractivity contribution in [1.29, 1.82) is 0 Å². The van der Waals surface area contributed by atoms with E-state index in [1.807, 2.05) is 12.1 Å². The Morgan fingerprint density at radius 3 is 1.18 bits per heavy atom. The summed E-state index contributed by atoms with van der Waals surface area (Å²) in [6.07, 6.45) is 0. The van der Waals surface area contributed by atoms with Gasteiger partial charge in [-0.3, -0.25) is 0 Å². The predicted octanol–water partition coefficient (Wildman–Crippen LogP) is 8.55. The van der Waals surface area contributed by atoms with E-state index in [-0.39, 0.29) is 0 Å². The molecule has 0 saturated carbocycles. The summed E-state index contributed by atoms with van der Waals surface area (Å²) in [5, 5.41) is 0. The van der Waals surface area contributed by atoms with Crippen LogP contribution in [0.1, 0.15) is 22.3 Å². The molecule has 1 aliphatic rings. The van der Waals surface area contributed by atoms with Crippen molar-refractivity contribution in [1.82, 2.24) is 0 Å². The fraction of sp³-hybridized carbons (Fsp3) is 0.0270. The first-order valence-electron chi connectivity index (χ1n) is 13.3. The number of hydrogen-bond donors (Lipinski definition) is 2. The number of nitrogen functional groups attached to an aromatic ring is 2. The van der Waals surface area contributed by atoms with E-state index in [1.165, 1.54) is 33.4 Å². The van der Waals surface area contributed by atoms with Gasteiger partial charge in [0.05, 0.1) is 5.41 Å². The third kappa shape index (κ3) is 3.49. The number of benzene rings is 6. The number of nitrogens with two attached hydrogens (primary N) is 2. The van der Waals surface area contributed by atoms with Crippen molar-refractivity contribution in [3.8, 4) is 33.4 Å². The van der Waals surface area contributed by atoms with Gasteiger partial charge in [0, 0.05) is 22.5 Å². The highest BCUT2D eigenvalue weighted by molar-refractivity contribution is 5.89. The minimum absolute atomic E-state index is 0.540. The lowest BCUT2D eigenvalue weighted by Gasteiger charge is -2.35. The maximum atomic E-state index is 6.59. The molecule has 2 heteroatoms. The molecule has 0 bridgehead atoms. The Balaban J connectivity index is 1.59. The van der Waals surface area contributed by atoms with Gasteiger partial charge in [-0.2, -0.15) is 0 Å². The van der Waals surface area contributed by atoms with Crippen LogP contribution in [0.4, 0.5) is 11.4 Å². The molecule has 0 spiro atoms. The highest BCUT2D eigenvalue weighted by Crippen LogP contribution is 2.57. The number of hydrogen-bond acceptors (Lipinski definition) is 2. The quantitative estimate of drug-likeness (QED) is 0.238. The van der Waals surface area contributed by atoms with Crippen LogP contribution in [-0.2, 0) is 5.41 Å². The monoisotopic (exact) mass is 500 g/mol. The molecule has 2 nitrogen and oxygen atoms in total. The summed E-state index contributed by atoms with van der Waals surface area (Å²) in [6, 6.07) is 51.4. The van der Waals surface area contributed by atoms with Crippen molar-refractivity contribution in [2.45, 2.75) is 5.41 Å². The van der Waals surface area contributed by atoms with Crippen LogP contribution >= 0.6 is 0 Å². The van der Waals surface area contributed by atoms with Gasteiger partial charge in [-0.05, 0) is 68.8 Å². The lowest BCUT2D eigenvalue weighted by molar-refractivity contribution is 0.769. The Morgan fingerprint density at radius 1 is 0.359 bits per heavy atom. The summed E-state index contributed by atoms with van der Waals surface area (Å²) in [4.78, 5) is 0. The second-order valence-electron chi connectivity index (χ2n) is 10.2. The van der Waals surface area contributed by atoms with E-state index in [2.05, 4.69) is 133 Å². The molecular formula is C37H28N2. The molecule has 186 valence electrons. The van der Waals surface area contributed by atoms with Crippen molar-refractivity contribution in [3.05, 3.63) is 168 Å². The van der Waals surface area contributed by atoms with Crippen molar-refractivity contribution in [2.24, 2.45) is 0 Å². The Morgan fingerprint density at radius 2 is 0.744 bits per heavy atom.